The number of carbonyl (C=O) groups is 1. The third-order valence-corrected chi connectivity index (χ3v) is 5.59. The number of hydrogen-bond donors (Lipinski definition) is 1. The lowest BCUT2D eigenvalue weighted by Gasteiger charge is -2.27. The molecule has 0 aliphatic carbocycles. The molecule has 2 aromatic heterocycles. The van der Waals surface area contributed by atoms with Crippen LogP contribution < -0.4 is 5.32 Å². The summed E-state index contributed by atoms with van der Waals surface area (Å²) in [7, 11) is 0. The molecule has 2 aliphatic heterocycles. The molecule has 0 atom stereocenters. The van der Waals surface area contributed by atoms with Crippen molar-refractivity contribution in [2.75, 3.05) is 11.9 Å². The second-order valence-corrected chi connectivity index (χ2v) is 7.58. The van der Waals surface area contributed by atoms with Crippen molar-refractivity contribution >= 4 is 11.7 Å². The molecule has 0 radical (unpaired) electrons. The highest BCUT2D eigenvalue weighted by Gasteiger charge is 2.35. The van der Waals surface area contributed by atoms with Crippen molar-refractivity contribution in [1.82, 2.24) is 19.8 Å². The van der Waals surface area contributed by atoms with E-state index in [4.69, 9.17) is 4.52 Å². The molecule has 0 saturated carbocycles. The van der Waals surface area contributed by atoms with Crippen molar-refractivity contribution < 1.29 is 26.9 Å². The maximum Gasteiger partial charge on any atom is 0.419 e. The SMILES string of the molecule is O=C(Nc1ccc(F)c(C(F)(F)F)c1)N1CCc2nn3c(c2C1)-c1nocc1CCC3. The first kappa shape index (κ1) is 19.6. The molecule has 1 aromatic carbocycles. The molecule has 11 heteroatoms. The number of halogens is 4. The van der Waals surface area contributed by atoms with E-state index in [1.807, 2.05) is 4.68 Å². The average molecular weight is 435 g/mol. The summed E-state index contributed by atoms with van der Waals surface area (Å²) >= 11 is 0. The van der Waals surface area contributed by atoms with Crippen LogP contribution in [-0.4, -0.2) is 32.4 Å². The van der Waals surface area contributed by atoms with Gasteiger partial charge in [-0.1, -0.05) is 5.16 Å². The maximum absolute atomic E-state index is 13.5. The summed E-state index contributed by atoms with van der Waals surface area (Å²) in [5.74, 6) is -1.39. The van der Waals surface area contributed by atoms with Crippen molar-refractivity contribution in [3.8, 4) is 11.4 Å². The normalized spacial score (nSPS) is 15.7. The Morgan fingerprint density at radius 2 is 2.03 bits per heavy atom. The minimum Gasteiger partial charge on any atom is -0.364 e. The zero-order valence-corrected chi connectivity index (χ0v) is 16.2. The van der Waals surface area contributed by atoms with E-state index in [2.05, 4.69) is 15.6 Å². The van der Waals surface area contributed by atoms with Crippen molar-refractivity contribution in [3.05, 3.63) is 52.7 Å². The molecule has 3 aromatic rings. The summed E-state index contributed by atoms with van der Waals surface area (Å²) in [6, 6.07) is 1.82. The molecule has 0 saturated heterocycles. The Labute approximate surface area is 173 Å². The number of rotatable bonds is 1. The van der Waals surface area contributed by atoms with Gasteiger partial charge >= 0.3 is 12.2 Å². The Bertz CT molecular complexity index is 1170. The van der Waals surface area contributed by atoms with Gasteiger partial charge in [-0.15, -0.1) is 0 Å². The highest BCUT2D eigenvalue weighted by Crippen LogP contribution is 2.35. The van der Waals surface area contributed by atoms with E-state index in [0.29, 0.717) is 30.8 Å². The number of nitrogens with zero attached hydrogens (tertiary/aromatic N) is 4. The third-order valence-electron chi connectivity index (χ3n) is 5.59. The lowest BCUT2D eigenvalue weighted by atomic mass is 10.0. The molecular formula is C20H17F4N5O2. The van der Waals surface area contributed by atoms with Gasteiger partial charge in [0.2, 0.25) is 0 Å². The molecule has 7 nitrogen and oxygen atoms in total. The topological polar surface area (TPSA) is 76.2 Å². The van der Waals surface area contributed by atoms with E-state index >= 15 is 0 Å². The summed E-state index contributed by atoms with van der Waals surface area (Å²) < 4.78 is 59.4. The van der Waals surface area contributed by atoms with Crippen LogP contribution in [0.2, 0.25) is 0 Å². The minimum absolute atomic E-state index is 0.128. The summed E-state index contributed by atoms with van der Waals surface area (Å²) in [5, 5.41) is 11.2. The molecule has 2 aliphatic rings. The van der Waals surface area contributed by atoms with Gasteiger partial charge in [-0.25, -0.2) is 9.18 Å². The van der Waals surface area contributed by atoms with Crippen molar-refractivity contribution in [2.24, 2.45) is 0 Å². The van der Waals surface area contributed by atoms with Gasteiger partial charge in [0.05, 0.1) is 23.5 Å². The van der Waals surface area contributed by atoms with Crippen LogP contribution in [0.3, 0.4) is 0 Å². The fraction of sp³-hybridized carbons (Fsp3) is 0.350. The number of aromatic nitrogens is 3. The first-order chi connectivity index (χ1) is 14.8. The molecule has 31 heavy (non-hydrogen) atoms. The van der Waals surface area contributed by atoms with E-state index in [1.54, 1.807) is 6.26 Å². The summed E-state index contributed by atoms with van der Waals surface area (Å²) in [6.07, 6.45) is -1.03. The summed E-state index contributed by atoms with van der Waals surface area (Å²) in [4.78, 5) is 14.2. The second kappa shape index (κ2) is 7.10. The zero-order chi connectivity index (χ0) is 21.8. The monoisotopic (exact) mass is 435 g/mol. The van der Waals surface area contributed by atoms with Crippen LogP contribution in [0.15, 0.2) is 29.0 Å². The van der Waals surface area contributed by atoms with Gasteiger partial charge in [0, 0.05) is 36.3 Å². The van der Waals surface area contributed by atoms with E-state index in [9.17, 15) is 22.4 Å². The minimum atomic E-state index is -4.85. The van der Waals surface area contributed by atoms with Crippen molar-refractivity contribution in [2.45, 2.75) is 38.5 Å². The number of urea groups is 1. The van der Waals surface area contributed by atoms with Crippen molar-refractivity contribution in [1.29, 1.82) is 0 Å². The Kier molecular flexibility index (Phi) is 4.49. The van der Waals surface area contributed by atoms with Gasteiger partial charge in [0.1, 0.15) is 17.8 Å². The molecule has 0 fully saturated rings. The number of fused-ring (bicyclic) bond motifs is 5. The number of carbonyl (C=O) groups excluding carboxylic acids is 1. The predicted octanol–water partition coefficient (Wildman–Crippen LogP) is 4.23. The van der Waals surface area contributed by atoms with E-state index in [0.717, 1.165) is 48.0 Å². The van der Waals surface area contributed by atoms with Crippen LogP contribution in [0, 0.1) is 5.82 Å². The Morgan fingerprint density at radius 3 is 2.84 bits per heavy atom. The van der Waals surface area contributed by atoms with Crippen LogP contribution in [0.25, 0.3) is 11.4 Å². The molecular weight excluding hydrogens is 418 g/mol. The smallest absolute Gasteiger partial charge is 0.364 e. The van der Waals surface area contributed by atoms with Gasteiger partial charge in [-0.3, -0.25) is 4.68 Å². The van der Waals surface area contributed by atoms with Crippen molar-refractivity contribution in [3.63, 3.8) is 0 Å². The fourth-order valence-corrected chi connectivity index (χ4v) is 4.10. The molecule has 162 valence electrons. The fourth-order valence-electron chi connectivity index (χ4n) is 4.10. The van der Waals surface area contributed by atoms with Crippen LogP contribution in [0.4, 0.5) is 28.0 Å². The third kappa shape index (κ3) is 3.43. The quantitative estimate of drug-likeness (QED) is 0.581. The van der Waals surface area contributed by atoms with Gasteiger partial charge < -0.3 is 14.7 Å². The molecule has 1 N–H and O–H groups in total. The van der Waals surface area contributed by atoms with Crippen LogP contribution in [0.1, 0.15) is 28.8 Å². The first-order valence-corrected chi connectivity index (χ1v) is 9.76. The maximum atomic E-state index is 13.5. The number of anilines is 1. The van der Waals surface area contributed by atoms with Gasteiger partial charge in [-0.2, -0.15) is 18.3 Å². The molecule has 4 heterocycles. The number of hydrogen-bond acceptors (Lipinski definition) is 4. The second-order valence-electron chi connectivity index (χ2n) is 7.58. The highest BCUT2D eigenvalue weighted by molar-refractivity contribution is 5.89. The molecule has 0 spiro atoms. The highest BCUT2D eigenvalue weighted by atomic mass is 19.4. The lowest BCUT2D eigenvalue weighted by Crippen LogP contribution is -2.38. The molecule has 5 rings (SSSR count). The van der Waals surface area contributed by atoms with Gasteiger partial charge in [-0.05, 0) is 31.0 Å². The number of alkyl halides is 3. The number of nitrogens with one attached hydrogen (secondary N) is 1. The first-order valence-electron chi connectivity index (χ1n) is 9.76. The summed E-state index contributed by atoms with van der Waals surface area (Å²) in [6.45, 7) is 1.31. The average Bonchev–Trinajstić information content (AvgIpc) is 3.28. The van der Waals surface area contributed by atoms with Gasteiger partial charge in [0.25, 0.3) is 0 Å². The van der Waals surface area contributed by atoms with E-state index in [-0.39, 0.29) is 12.2 Å². The number of benzene rings is 1. The lowest BCUT2D eigenvalue weighted by molar-refractivity contribution is -0.139. The van der Waals surface area contributed by atoms with E-state index in [1.165, 1.54) is 4.90 Å². The molecule has 0 bridgehead atoms. The Morgan fingerprint density at radius 1 is 1.19 bits per heavy atom. The van der Waals surface area contributed by atoms with E-state index < -0.39 is 23.6 Å². The molecule has 2 amide bonds. The van der Waals surface area contributed by atoms with Crippen LogP contribution in [0.5, 0.6) is 0 Å². The summed E-state index contributed by atoms with van der Waals surface area (Å²) in [5.41, 5.74) is 2.68. The zero-order valence-electron chi connectivity index (χ0n) is 16.2. The number of amides is 2. The standard InChI is InChI=1S/C20H17F4N5O2/c21-15-4-3-12(8-14(15)20(22,23)24)25-19(30)28-7-5-16-13(9-28)18-17-11(10-31-27-17)2-1-6-29(18)26-16/h3-4,8,10H,1-2,5-7,9H2,(H,25,30). The number of aryl methyl sites for hydroxylation is 2. The van der Waals surface area contributed by atoms with Gasteiger partial charge in [0.15, 0.2) is 0 Å². The Hall–Kier alpha value is -3.37. The van der Waals surface area contributed by atoms with Crippen LogP contribution in [-0.2, 0) is 32.1 Å². The molecule has 0 unspecified atom stereocenters. The Balaban J connectivity index is 1.40. The largest absolute Gasteiger partial charge is 0.419 e. The van der Waals surface area contributed by atoms with Crippen LogP contribution >= 0.6 is 0 Å². The predicted molar refractivity (Wildman–Crippen MR) is 101 cm³/mol.